The number of amides is 1. The number of aliphatic hydroxyl groups excluding tert-OH is 1. The molecule has 3 fully saturated rings. The monoisotopic (exact) mass is 358 g/mol. The Morgan fingerprint density at radius 1 is 1.23 bits per heavy atom. The van der Waals surface area contributed by atoms with Crippen LogP contribution in [0.3, 0.4) is 0 Å². The van der Waals surface area contributed by atoms with Crippen LogP contribution in [0.2, 0.25) is 0 Å². The molecule has 1 saturated heterocycles. The number of nitrogens with one attached hydrogen (secondary N) is 1. The van der Waals surface area contributed by atoms with Gasteiger partial charge in [-0.05, 0) is 31.6 Å². The summed E-state index contributed by atoms with van der Waals surface area (Å²) in [6.45, 7) is 1.50. The van der Waals surface area contributed by atoms with Crippen molar-refractivity contribution in [1.29, 1.82) is 0 Å². The van der Waals surface area contributed by atoms with E-state index in [2.05, 4.69) is 26.3 Å². The summed E-state index contributed by atoms with van der Waals surface area (Å²) in [5.74, 6) is 2.31. The van der Waals surface area contributed by atoms with Gasteiger partial charge in [0.2, 0.25) is 5.91 Å². The molecule has 6 heteroatoms. The van der Waals surface area contributed by atoms with Crippen LogP contribution < -0.4 is 10.2 Å². The highest BCUT2D eigenvalue weighted by Gasteiger charge is 2.33. The highest BCUT2D eigenvalue weighted by atomic mass is 16.3. The fraction of sp³-hybridized carbons (Fsp3) is 0.750. The van der Waals surface area contributed by atoms with Gasteiger partial charge >= 0.3 is 0 Å². The molecule has 2 aliphatic carbocycles. The predicted molar refractivity (Wildman–Crippen MR) is 100.0 cm³/mol. The summed E-state index contributed by atoms with van der Waals surface area (Å²) in [5, 5.41) is 12.9. The van der Waals surface area contributed by atoms with E-state index in [0.29, 0.717) is 24.9 Å². The second kappa shape index (κ2) is 7.91. The number of rotatable bonds is 6. The van der Waals surface area contributed by atoms with Crippen LogP contribution >= 0.6 is 0 Å². The number of aliphatic hydroxyl groups is 1. The van der Waals surface area contributed by atoms with Gasteiger partial charge in [0.1, 0.15) is 12.1 Å². The van der Waals surface area contributed by atoms with Crippen LogP contribution in [0.15, 0.2) is 12.4 Å². The summed E-state index contributed by atoms with van der Waals surface area (Å²) in [4.78, 5) is 23.1. The van der Waals surface area contributed by atoms with E-state index in [-0.39, 0.29) is 12.0 Å². The van der Waals surface area contributed by atoms with Gasteiger partial charge in [-0.1, -0.05) is 25.7 Å². The summed E-state index contributed by atoms with van der Waals surface area (Å²) in [7, 11) is 0. The smallest absolute Gasteiger partial charge is 0.220 e. The molecular weight excluding hydrogens is 328 g/mol. The first-order valence-corrected chi connectivity index (χ1v) is 10.2. The third-order valence-electron chi connectivity index (χ3n) is 6.34. The SMILES string of the molecule is O=C(CCC1CCCC1)NC1CC(c2cc(N3CC[C@@H](O)C3)ncn2)C1. The zero-order valence-electron chi connectivity index (χ0n) is 15.4. The lowest BCUT2D eigenvalue weighted by atomic mass is 9.78. The Kier molecular flexibility index (Phi) is 5.38. The number of hydrogen-bond donors (Lipinski definition) is 2. The average Bonchev–Trinajstić information content (AvgIpc) is 3.27. The van der Waals surface area contributed by atoms with Crippen molar-refractivity contribution in [2.24, 2.45) is 5.92 Å². The zero-order chi connectivity index (χ0) is 17.9. The highest BCUT2D eigenvalue weighted by molar-refractivity contribution is 5.76. The number of nitrogens with zero attached hydrogens (tertiary/aromatic N) is 3. The molecule has 142 valence electrons. The van der Waals surface area contributed by atoms with E-state index in [1.54, 1.807) is 6.33 Å². The Morgan fingerprint density at radius 3 is 2.77 bits per heavy atom. The molecule has 0 radical (unpaired) electrons. The standard InChI is InChI=1S/C20H30N4O2/c25-17-7-8-24(12-17)19-11-18(21-13-22-19)15-9-16(10-15)23-20(26)6-5-14-3-1-2-4-14/h11,13-17,25H,1-10,12H2,(H,23,26)/t15?,16?,17-/m1/s1. The van der Waals surface area contributed by atoms with Crippen molar-refractivity contribution in [2.75, 3.05) is 18.0 Å². The van der Waals surface area contributed by atoms with Gasteiger partial charge in [0.25, 0.3) is 0 Å². The molecule has 2 N–H and O–H groups in total. The number of carbonyl (C=O) groups is 1. The summed E-state index contributed by atoms with van der Waals surface area (Å²) < 4.78 is 0. The topological polar surface area (TPSA) is 78.4 Å². The summed E-state index contributed by atoms with van der Waals surface area (Å²) in [6.07, 6.45) is 11.2. The van der Waals surface area contributed by atoms with Crippen LogP contribution in [0.25, 0.3) is 0 Å². The lowest BCUT2D eigenvalue weighted by Gasteiger charge is -2.35. The van der Waals surface area contributed by atoms with Gasteiger partial charge in [-0.25, -0.2) is 9.97 Å². The van der Waals surface area contributed by atoms with Gasteiger partial charge in [-0.2, -0.15) is 0 Å². The third-order valence-corrected chi connectivity index (χ3v) is 6.34. The maximum atomic E-state index is 12.1. The van der Waals surface area contributed by atoms with Gasteiger partial charge in [-0.3, -0.25) is 4.79 Å². The molecular formula is C20H30N4O2. The van der Waals surface area contributed by atoms with Crippen molar-refractivity contribution >= 4 is 11.7 Å². The molecule has 2 saturated carbocycles. The number of aromatic nitrogens is 2. The number of carbonyl (C=O) groups excluding carboxylic acids is 1. The molecule has 3 aliphatic rings. The van der Waals surface area contributed by atoms with Gasteiger partial charge in [0.15, 0.2) is 0 Å². The van der Waals surface area contributed by atoms with Crippen LogP contribution in [0, 0.1) is 5.92 Å². The Labute approximate surface area is 155 Å². The number of hydrogen-bond acceptors (Lipinski definition) is 5. The fourth-order valence-corrected chi connectivity index (χ4v) is 4.62. The molecule has 26 heavy (non-hydrogen) atoms. The first-order chi connectivity index (χ1) is 12.7. The second-order valence-electron chi connectivity index (χ2n) is 8.31. The van der Waals surface area contributed by atoms with Crippen LogP contribution in [0.1, 0.15) is 69.4 Å². The zero-order valence-corrected chi connectivity index (χ0v) is 15.4. The molecule has 0 aromatic carbocycles. The number of β-amino-alcohol motifs (C(OH)–C–C–N with tert-alkyl or cyclic N) is 1. The predicted octanol–water partition coefficient (Wildman–Crippen LogP) is 2.38. The minimum atomic E-state index is -0.249. The Balaban J connectivity index is 1.22. The van der Waals surface area contributed by atoms with E-state index in [4.69, 9.17) is 0 Å². The van der Waals surface area contributed by atoms with Gasteiger partial charge in [0.05, 0.1) is 6.10 Å². The van der Waals surface area contributed by atoms with Crippen molar-refractivity contribution in [1.82, 2.24) is 15.3 Å². The van der Waals surface area contributed by atoms with E-state index in [9.17, 15) is 9.90 Å². The minimum absolute atomic E-state index is 0.217. The van der Waals surface area contributed by atoms with Crippen LogP contribution in [-0.4, -0.2) is 46.2 Å². The molecule has 1 aromatic rings. The molecule has 4 rings (SSSR count). The van der Waals surface area contributed by atoms with Crippen molar-refractivity contribution in [3.63, 3.8) is 0 Å². The summed E-state index contributed by atoms with van der Waals surface area (Å²) >= 11 is 0. The van der Waals surface area contributed by atoms with Gasteiger partial charge in [0, 0.05) is 43.2 Å². The normalized spacial score (nSPS) is 29.0. The first kappa shape index (κ1) is 17.7. The van der Waals surface area contributed by atoms with E-state index in [1.165, 1.54) is 25.7 Å². The molecule has 0 bridgehead atoms. The maximum Gasteiger partial charge on any atom is 0.220 e. The number of anilines is 1. The lowest BCUT2D eigenvalue weighted by Crippen LogP contribution is -2.43. The molecule has 6 nitrogen and oxygen atoms in total. The molecule has 0 unspecified atom stereocenters. The van der Waals surface area contributed by atoms with Crippen molar-refractivity contribution < 1.29 is 9.90 Å². The van der Waals surface area contributed by atoms with Gasteiger partial charge in [-0.15, -0.1) is 0 Å². The lowest BCUT2D eigenvalue weighted by molar-refractivity contribution is -0.122. The molecule has 1 aromatic heterocycles. The Bertz CT molecular complexity index is 626. The van der Waals surface area contributed by atoms with Crippen LogP contribution in [0.5, 0.6) is 0 Å². The van der Waals surface area contributed by atoms with Crippen molar-refractivity contribution in [3.8, 4) is 0 Å². The Morgan fingerprint density at radius 2 is 2.04 bits per heavy atom. The van der Waals surface area contributed by atoms with E-state index in [1.807, 2.05) is 0 Å². The summed E-state index contributed by atoms with van der Waals surface area (Å²) in [5.41, 5.74) is 1.06. The third kappa shape index (κ3) is 4.17. The molecule has 0 spiro atoms. The maximum absolute atomic E-state index is 12.1. The second-order valence-corrected chi connectivity index (χ2v) is 8.31. The van der Waals surface area contributed by atoms with E-state index in [0.717, 1.165) is 49.7 Å². The quantitative estimate of drug-likeness (QED) is 0.816. The highest BCUT2D eigenvalue weighted by Crippen LogP contribution is 2.37. The average molecular weight is 358 g/mol. The molecule has 1 atom stereocenters. The van der Waals surface area contributed by atoms with Crippen LogP contribution in [-0.2, 0) is 4.79 Å². The van der Waals surface area contributed by atoms with Crippen LogP contribution in [0.4, 0.5) is 5.82 Å². The summed E-state index contributed by atoms with van der Waals surface area (Å²) in [6, 6.07) is 2.35. The first-order valence-electron chi connectivity index (χ1n) is 10.2. The van der Waals surface area contributed by atoms with E-state index >= 15 is 0 Å². The van der Waals surface area contributed by atoms with Gasteiger partial charge < -0.3 is 15.3 Å². The molecule has 1 aliphatic heterocycles. The van der Waals surface area contributed by atoms with Crippen molar-refractivity contribution in [2.45, 2.75) is 75.9 Å². The minimum Gasteiger partial charge on any atom is -0.391 e. The molecule has 1 amide bonds. The van der Waals surface area contributed by atoms with Crippen molar-refractivity contribution in [3.05, 3.63) is 18.1 Å². The Hall–Kier alpha value is -1.69. The molecule has 2 heterocycles. The van der Waals surface area contributed by atoms with E-state index < -0.39 is 0 Å². The fourth-order valence-electron chi connectivity index (χ4n) is 4.62. The largest absolute Gasteiger partial charge is 0.391 e.